The van der Waals surface area contributed by atoms with Gasteiger partial charge < -0.3 is 15.4 Å². The molecule has 0 radical (unpaired) electrons. The van der Waals surface area contributed by atoms with Crippen LogP contribution in [-0.4, -0.2) is 37.7 Å². The Morgan fingerprint density at radius 2 is 2.08 bits per heavy atom. The van der Waals surface area contributed by atoms with Crippen LogP contribution < -0.4 is 10.6 Å². The van der Waals surface area contributed by atoms with Gasteiger partial charge in [0, 0.05) is 31.7 Å². The van der Waals surface area contributed by atoms with Gasteiger partial charge in [0.15, 0.2) is 5.96 Å². The van der Waals surface area contributed by atoms with Gasteiger partial charge in [-0.3, -0.25) is 0 Å². The summed E-state index contributed by atoms with van der Waals surface area (Å²) in [5.74, 6) is 0.890. The normalized spacial score (nSPS) is 16.2. The third kappa shape index (κ3) is 6.15. The van der Waals surface area contributed by atoms with Crippen molar-refractivity contribution < 1.29 is 4.74 Å². The number of aliphatic imine (C=N–C) groups is 1. The van der Waals surface area contributed by atoms with Crippen LogP contribution in [0.1, 0.15) is 48.2 Å². The molecule has 2 rings (SSSR count). The number of methoxy groups -OCH3 is 1. The Balaban J connectivity index is 0.00000288. The molecular weight excluding hydrogens is 435 g/mol. The molecule has 1 aliphatic carbocycles. The number of ether oxygens (including phenoxy) is 1. The second kappa shape index (κ2) is 10.6. The van der Waals surface area contributed by atoms with Crippen molar-refractivity contribution in [2.75, 3.05) is 26.8 Å². The first-order chi connectivity index (χ1) is 11.1. The summed E-state index contributed by atoms with van der Waals surface area (Å²) in [5, 5.41) is 7.94. The zero-order valence-electron chi connectivity index (χ0n) is 15.3. The van der Waals surface area contributed by atoms with E-state index in [2.05, 4.69) is 36.4 Å². The van der Waals surface area contributed by atoms with Gasteiger partial charge in [0.25, 0.3) is 0 Å². The molecule has 2 N–H and O–H groups in total. The van der Waals surface area contributed by atoms with Gasteiger partial charge in [-0.05, 0) is 45.4 Å². The molecule has 1 aromatic rings. The molecule has 0 unspecified atom stereocenters. The van der Waals surface area contributed by atoms with E-state index in [0.29, 0.717) is 12.0 Å². The second-order valence-electron chi connectivity index (χ2n) is 6.39. The average molecular weight is 466 g/mol. The highest BCUT2D eigenvalue weighted by Gasteiger charge is 2.36. The molecule has 0 aliphatic heterocycles. The Morgan fingerprint density at radius 1 is 1.33 bits per heavy atom. The molecule has 1 heterocycles. The third-order valence-electron chi connectivity index (χ3n) is 4.67. The molecule has 1 aromatic heterocycles. The summed E-state index contributed by atoms with van der Waals surface area (Å²) < 4.78 is 5.27. The molecule has 7 heteroatoms. The van der Waals surface area contributed by atoms with E-state index in [1.165, 1.54) is 24.1 Å². The van der Waals surface area contributed by atoms with Crippen LogP contribution in [0.5, 0.6) is 0 Å². The van der Waals surface area contributed by atoms with E-state index in [0.717, 1.165) is 42.8 Å². The molecule has 0 saturated heterocycles. The standard InChI is InChI=1S/C17H30N4OS.HI/c1-5-18-16(19-11-15-21-13(2)14(3)23-15)20-12-17(7-6-8-17)9-10-22-4;/h5-12H2,1-4H3,(H2,18,19,20);1H. The molecule has 0 amide bonds. The zero-order valence-corrected chi connectivity index (χ0v) is 18.4. The van der Waals surface area contributed by atoms with Gasteiger partial charge >= 0.3 is 0 Å². The van der Waals surface area contributed by atoms with E-state index in [9.17, 15) is 0 Å². The van der Waals surface area contributed by atoms with Gasteiger partial charge in [-0.1, -0.05) is 6.42 Å². The molecule has 0 atom stereocenters. The molecule has 1 fully saturated rings. The zero-order chi connectivity index (χ0) is 16.7. The van der Waals surface area contributed by atoms with Crippen LogP contribution in [0.3, 0.4) is 0 Å². The van der Waals surface area contributed by atoms with E-state index in [-0.39, 0.29) is 24.0 Å². The SMILES string of the molecule is CCNC(=NCc1nc(C)c(C)s1)NCC1(CCOC)CCC1.I. The number of aromatic nitrogens is 1. The number of hydrogen-bond acceptors (Lipinski definition) is 4. The number of thiazole rings is 1. The lowest BCUT2D eigenvalue weighted by Gasteiger charge is -2.42. The monoisotopic (exact) mass is 466 g/mol. The minimum absolute atomic E-state index is 0. The Labute approximate surface area is 167 Å². The van der Waals surface area contributed by atoms with Crippen molar-refractivity contribution in [3.05, 3.63) is 15.6 Å². The first kappa shape index (κ1) is 21.6. The number of hydrogen-bond donors (Lipinski definition) is 2. The topological polar surface area (TPSA) is 58.5 Å². The van der Waals surface area contributed by atoms with Gasteiger partial charge in [-0.25, -0.2) is 9.98 Å². The first-order valence-electron chi connectivity index (χ1n) is 8.52. The summed E-state index contributed by atoms with van der Waals surface area (Å²) in [6, 6.07) is 0. The predicted molar refractivity (Wildman–Crippen MR) is 113 cm³/mol. The van der Waals surface area contributed by atoms with Crippen LogP contribution in [0.2, 0.25) is 0 Å². The van der Waals surface area contributed by atoms with Crippen LogP contribution in [-0.2, 0) is 11.3 Å². The van der Waals surface area contributed by atoms with Crippen molar-refractivity contribution >= 4 is 41.3 Å². The van der Waals surface area contributed by atoms with Gasteiger partial charge in [-0.15, -0.1) is 35.3 Å². The Morgan fingerprint density at radius 3 is 2.58 bits per heavy atom. The number of nitrogens with one attached hydrogen (secondary N) is 2. The molecule has 138 valence electrons. The van der Waals surface area contributed by atoms with E-state index in [1.807, 2.05) is 0 Å². The molecule has 1 aliphatic rings. The van der Waals surface area contributed by atoms with Gasteiger partial charge in [0.1, 0.15) is 5.01 Å². The van der Waals surface area contributed by atoms with Gasteiger partial charge in [-0.2, -0.15) is 0 Å². The lowest BCUT2D eigenvalue weighted by atomic mass is 9.67. The highest BCUT2D eigenvalue weighted by Crippen LogP contribution is 2.43. The summed E-state index contributed by atoms with van der Waals surface area (Å²) >= 11 is 1.73. The largest absolute Gasteiger partial charge is 0.385 e. The molecular formula is C17H31IN4OS. The quantitative estimate of drug-likeness (QED) is 0.349. The third-order valence-corrected chi connectivity index (χ3v) is 5.73. The highest BCUT2D eigenvalue weighted by molar-refractivity contribution is 14.0. The number of nitrogens with zero attached hydrogens (tertiary/aromatic N) is 2. The molecule has 5 nitrogen and oxygen atoms in total. The summed E-state index contributed by atoms with van der Waals surface area (Å²) in [6.07, 6.45) is 5.03. The van der Waals surface area contributed by atoms with Gasteiger partial charge in [0.05, 0.1) is 12.2 Å². The Kier molecular flexibility index (Phi) is 9.51. The number of halogens is 1. The Hall–Kier alpha value is -0.410. The number of rotatable bonds is 8. The fourth-order valence-corrected chi connectivity index (χ4v) is 3.74. The van der Waals surface area contributed by atoms with Crippen molar-refractivity contribution in [3.63, 3.8) is 0 Å². The van der Waals surface area contributed by atoms with Crippen molar-refractivity contribution in [1.29, 1.82) is 0 Å². The minimum Gasteiger partial charge on any atom is -0.385 e. The number of guanidine groups is 1. The van der Waals surface area contributed by atoms with E-state index in [4.69, 9.17) is 9.73 Å². The van der Waals surface area contributed by atoms with Crippen LogP contribution in [0, 0.1) is 19.3 Å². The Bertz CT molecular complexity index is 509. The molecule has 1 saturated carbocycles. The summed E-state index contributed by atoms with van der Waals surface area (Å²) in [6.45, 7) is 9.58. The van der Waals surface area contributed by atoms with Crippen molar-refractivity contribution in [2.45, 2.75) is 53.0 Å². The van der Waals surface area contributed by atoms with Crippen molar-refractivity contribution in [1.82, 2.24) is 15.6 Å². The lowest BCUT2D eigenvalue weighted by Crippen LogP contribution is -2.46. The summed E-state index contributed by atoms with van der Waals surface area (Å²) in [7, 11) is 1.78. The van der Waals surface area contributed by atoms with Crippen LogP contribution in [0.15, 0.2) is 4.99 Å². The average Bonchev–Trinajstić information content (AvgIpc) is 2.81. The minimum atomic E-state index is 0. The van der Waals surface area contributed by atoms with E-state index in [1.54, 1.807) is 18.4 Å². The predicted octanol–water partition coefficient (Wildman–Crippen LogP) is 3.64. The van der Waals surface area contributed by atoms with Crippen molar-refractivity contribution in [2.24, 2.45) is 10.4 Å². The van der Waals surface area contributed by atoms with Crippen LogP contribution in [0.4, 0.5) is 0 Å². The number of aryl methyl sites for hydroxylation is 2. The van der Waals surface area contributed by atoms with E-state index < -0.39 is 0 Å². The lowest BCUT2D eigenvalue weighted by molar-refractivity contribution is 0.0732. The molecule has 0 aromatic carbocycles. The fraction of sp³-hybridized carbons (Fsp3) is 0.765. The smallest absolute Gasteiger partial charge is 0.191 e. The first-order valence-corrected chi connectivity index (χ1v) is 9.34. The van der Waals surface area contributed by atoms with Crippen LogP contribution in [0.25, 0.3) is 0 Å². The maximum absolute atomic E-state index is 5.27. The van der Waals surface area contributed by atoms with Gasteiger partial charge in [0.2, 0.25) is 0 Å². The van der Waals surface area contributed by atoms with Crippen LogP contribution >= 0.6 is 35.3 Å². The van der Waals surface area contributed by atoms with Crippen molar-refractivity contribution in [3.8, 4) is 0 Å². The van der Waals surface area contributed by atoms with E-state index >= 15 is 0 Å². The highest BCUT2D eigenvalue weighted by atomic mass is 127. The fourth-order valence-electron chi connectivity index (χ4n) is 2.88. The molecule has 0 bridgehead atoms. The summed E-state index contributed by atoms with van der Waals surface area (Å²) in [5.41, 5.74) is 1.51. The maximum Gasteiger partial charge on any atom is 0.191 e. The maximum atomic E-state index is 5.27. The molecule has 24 heavy (non-hydrogen) atoms. The summed E-state index contributed by atoms with van der Waals surface area (Å²) in [4.78, 5) is 10.5. The molecule has 0 spiro atoms. The second-order valence-corrected chi connectivity index (χ2v) is 7.68.